The highest BCUT2D eigenvalue weighted by molar-refractivity contribution is 6.30. The average Bonchev–Trinajstić information content (AvgIpc) is 3.15. The molecule has 2 aliphatic rings. The van der Waals surface area contributed by atoms with Gasteiger partial charge in [-0.2, -0.15) is 0 Å². The summed E-state index contributed by atoms with van der Waals surface area (Å²) in [4.78, 5) is 0. The Balaban J connectivity index is 1.57. The molecule has 0 fully saturated rings. The van der Waals surface area contributed by atoms with Crippen LogP contribution in [-0.4, -0.2) is 19.8 Å². The fraction of sp³-hybridized carbons (Fsp3) is 0.364. The molecule has 0 bridgehead atoms. The van der Waals surface area contributed by atoms with Crippen molar-refractivity contribution in [3.05, 3.63) is 70.8 Å². The third-order valence-corrected chi connectivity index (χ3v) is 5.52. The molecule has 0 radical (unpaired) electrons. The molecule has 1 N–H and O–H groups in total. The lowest BCUT2D eigenvalue weighted by molar-refractivity contribution is 0.110. The summed E-state index contributed by atoms with van der Waals surface area (Å²) in [5.74, 6) is 1.85. The third-order valence-electron chi connectivity index (χ3n) is 5.26. The number of anilines is 1. The van der Waals surface area contributed by atoms with Crippen LogP contribution in [0.1, 0.15) is 36.4 Å². The van der Waals surface area contributed by atoms with Gasteiger partial charge in [0.15, 0.2) is 0 Å². The van der Waals surface area contributed by atoms with Crippen LogP contribution in [0.2, 0.25) is 5.02 Å². The van der Waals surface area contributed by atoms with Crippen molar-refractivity contribution in [1.82, 2.24) is 0 Å². The Hall–Kier alpha value is -1.97. The second kappa shape index (κ2) is 7.73. The van der Waals surface area contributed by atoms with E-state index in [4.69, 9.17) is 21.1 Å². The maximum atomic E-state index is 6.07. The number of fused-ring (bicyclic) bond motifs is 3. The average molecular weight is 370 g/mol. The zero-order valence-electron chi connectivity index (χ0n) is 15.0. The zero-order chi connectivity index (χ0) is 17.9. The molecule has 1 aliphatic heterocycles. The first kappa shape index (κ1) is 17.4. The minimum Gasteiger partial charge on any atom is -0.491 e. The van der Waals surface area contributed by atoms with Gasteiger partial charge >= 0.3 is 0 Å². The van der Waals surface area contributed by atoms with Gasteiger partial charge in [0.05, 0.1) is 12.6 Å². The summed E-state index contributed by atoms with van der Waals surface area (Å²) in [5, 5.41) is 4.52. The Labute approximate surface area is 160 Å². The molecular formula is C22H24ClNO2. The Bertz CT molecular complexity index is 787. The second-order valence-electron chi connectivity index (χ2n) is 6.82. The molecule has 26 heavy (non-hydrogen) atoms. The molecule has 2 aromatic carbocycles. The van der Waals surface area contributed by atoms with Gasteiger partial charge in [-0.1, -0.05) is 35.9 Å². The molecule has 2 aromatic rings. The first-order valence-electron chi connectivity index (χ1n) is 9.29. The van der Waals surface area contributed by atoms with E-state index in [2.05, 4.69) is 41.7 Å². The number of ether oxygens (including phenoxy) is 2. The molecule has 3 atom stereocenters. The fourth-order valence-electron chi connectivity index (χ4n) is 4.03. The van der Waals surface area contributed by atoms with Crippen molar-refractivity contribution in [3.63, 3.8) is 0 Å². The topological polar surface area (TPSA) is 30.5 Å². The van der Waals surface area contributed by atoms with E-state index >= 15 is 0 Å². The fourth-order valence-corrected chi connectivity index (χ4v) is 4.15. The first-order valence-corrected chi connectivity index (χ1v) is 9.67. The summed E-state index contributed by atoms with van der Waals surface area (Å²) < 4.78 is 11.2. The smallest absolute Gasteiger partial charge is 0.119 e. The van der Waals surface area contributed by atoms with Gasteiger partial charge in [-0.25, -0.2) is 0 Å². The highest BCUT2D eigenvalue weighted by Crippen LogP contribution is 2.50. The van der Waals surface area contributed by atoms with Crippen molar-refractivity contribution >= 4 is 17.3 Å². The number of nitrogens with one attached hydrogen (secondary N) is 1. The van der Waals surface area contributed by atoms with E-state index in [1.54, 1.807) is 0 Å². The maximum absolute atomic E-state index is 6.07. The predicted octanol–water partition coefficient (Wildman–Crippen LogP) is 5.58. The highest BCUT2D eigenvalue weighted by Gasteiger charge is 2.37. The SMILES string of the molecule is CCOCCOc1ccc2c(c1)C1C=CCC1C(c1ccc(Cl)cc1)N2. The third kappa shape index (κ3) is 3.46. The molecule has 3 nitrogen and oxygen atoms in total. The molecule has 1 heterocycles. The summed E-state index contributed by atoms with van der Waals surface area (Å²) in [6, 6.07) is 14.9. The van der Waals surface area contributed by atoms with Gasteiger partial charge in [0, 0.05) is 23.2 Å². The summed E-state index contributed by atoms with van der Waals surface area (Å²) in [6.45, 7) is 3.92. The van der Waals surface area contributed by atoms with Gasteiger partial charge in [0.2, 0.25) is 0 Å². The van der Waals surface area contributed by atoms with Gasteiger partial charge in [0.25, 0.3) is 0 Å². The monoisotopic (exact) mass is 369 g/mol. The van der Waals surface area contributed by atoms with Crippen LogP contribution < -0.4 is 10.1 Å². The quantitative estimate of drug-likeness (QED) is 0.532. The van der Waals surface area contributed by atoms with Crippen molar-refractivity contribution in [3.8, 4) is 5.75 Å². The molecule has 3 unspecified atom stereocenters. The predicted molar refractivity (Wildman–Crippen MR) is 106 cm³/mol. The Morgan fingerprint density at radius 1 is 1.12 bits per heavy atom. The number of hydrogen-bond donors (Lipinski definition) is 1. The van der Waals surface area contributed by atoms with Crippen LogP contribution >= 0.6 is 11.6 Å². The number of allylic oxidation sites excluding steroid dienone is 2. The van der Waals surface area contributed by atoms with E-state index in [0.717, 1.165) is 23.8 Å². The Morgan fingerprint density at radius 3 is 2.77 bits per heavy atom. The highest BCUT2D eigenvalue weighted by atomic mass is 35.5. The number of hydrogen-bond acceptors (Lipinski definition) is 3. The van der Waals surface area contributed by atoms with Crippen molar-refractivity contribution < 1.29 is 9.47 Å². The summed E-state index contributed by atoms with van der Waals surface area (Å²) in [7, 11) is 0. The van der Waals surface area contributed by atoms with E-state index in [-0.39, 0.29) is 0 Å². The summed E-state index contributed by atoms with van der Waals surface area (Å²) in [5.41, 5.74) is 3.80. The number of rotatable bonds is 6. The molecule has 0 saturated carbocycles. The normalized spacial score (nSPS) is 23.2. The van der Waals surface area contributed by atoms with Crippen molar-refractivity contribution in [2.45, 2.75) is 25.3 Å². The molecular weight excluding hydrogens is 346 g/mol. The lowest BCUT2D eigenvalue weighted by atomic mass is 9.77. The molecule has 136 valence electrons. The van der Waals surface area contributed by atoms with E-state index in [1.807, 2.05) is 25.1 Å². The van der Waals surface area contributed by atoms with Gasteiger partial charge in [-0.15, -0.1) is 0 Å². The lowest BCUT2D eigenvalue weighted by Crippen LogP contribution is -2.29. The van der Waals surface area contributed by atoms with Crippen LogP contribution in [-0.2, 0) is 4.74 Å². The second-order valence-corrected chi connectivity index (χ2v) is 7.26. The van der Waals surface area contributed by atoms with Crippen molar-refractivity contribution in [1.29, 1.82) is 0 Å². The molecule has 0 aromatic heterocycles. The van der Waals surface area contributed by atoms with Crippen LogP contribution in [0.5, 0.6) is 5.75 Å². The van der Waals surface area contributed by atoms with Crippen LogP contribution in [0.15, 0.2) is 54.6 Å². The molecule has 0 saturated heterocycles. The van der Waals surface area contributed by atoms with Gasteiger partial charge in [0.1, 0.15) is 12.4 Å². The molecule has 0 spiro atoms. The minimum atomic E-state index is 0.296. The van der Waals surface area contributed by atoms with Crippen LogP contribution in [0, 0.1) is 5.92 Å². The van der Waals surface area contributed by atoms with Crippen molar-refractivity contribution in [2.24, 2.45) is 5.92 Å². The summed E-state index contributed by atoms with van der Waals surface area (Å²) in [6.07, 6.45) is 5.73. The lowest BCUT2D eigenvalue weighted by Gasteiger charge is -2.37. The van der Waals surface area contributed by atoms with Gasteiger partial charge < -0.3 is 14.8 Å². The van der Waals surface area contributed by atoms with Crippen LogP contribution in [0.3, 0.4) is 0 Å². The number of halogens is 1. The summed E-state index contributed by atoms with van der Waals surface area (Å²) >= 11 is 6.07. The maximum Gasteiger partial charge on any atom is 0.119 e. The number of benzene rings is 2. The molecule has 0 amide bonds. The van der Waals surface area contributed by atoms with E-state index in [1.165, 1.54) is 16.8 Å². The standard InChI is InChI=1S/C22H24ClNO2/c1-2-25-12-13-26-17-10-11-21-20(14-17)18-4-3-5-19(18)22(24-21)15-6-8-16(23)9-7-15/h3-4,6-11,14,18-19,22,24H,2,5,12-13H2,1H3. The van der Waals surface area contributed by atoms with Crippen molar-refractivity contribution in [2.75, 3.05) is 25.1 Å². The Kier molecular flexibility index (Phi) is 5.18. The van der Waals surface area contributed by atoms with E-state index in [9.17, 15) is 0 Å². The zero-order valence-corrected chi connectivity index (χ0v) is 15.7. The van der Waals surface area contributed by atoms with Gasteiger partial charge in [-0.3, -0.25) is 0 Å². The van der Waals surface area contributed by atoms with E-state index in [0.29, 0.717) is 31.1 Å². The molecule has 4 heteroatoms. The Morgan fingerprint density at radius 2 is 1.96 bits per heavy atom. The molecule has 1 aliphatic carbocycles. The van der Waals surface area contributed by atoms with Gasteiger partial charge in [-0.05, 0) is 60.7 Å². The van der Waals surface area contributed by atoms with E-state index < -0.39 is 0 Å². The largest absolute Gasteiger partial charge is 0.491 e. The van der Waals surface area contributed by atoms with Crippen LogP contribution in [0.25, 0.3) is 0 Å². The molecule has 4 rings (SSSR count). The first-order chi connectivity index (χ1) is 12.8. The minimum absolute atomic E-state index is 0.296. The van der Waals surface area contributed by atoms with Crippen LogP contribution in [0.4, 0.5) is 5.69 Å².